The molecule has 0 aliphatic rings. The van der Waals surface area contributed by atoms with Crippen LogP contribution in [0.4, 0.5) is 13.2 Å². The van der Waals surface area contributed by atoms with Crippen LogP contribution in [0.15, 0.2) is 24.3 Å². The Kier molecular flexibility index (Phi) is 5.60. The molecule has 0 N–H and O–H groups in total. The minimum absolute atomic E-state index is 0.131. The zero-order chi connectivity index (χ0) is 15.3. The van der Waals surface area contributed by atoms with Gasteiger partial charge in [0, 0.05) is 0 Å². The van der Waals surface area contributed by atoms with E-state index in [0.29, 0.717) is 12.0 Å². The predicted octanol–water partition coefficient (Wildman–Crippen LogP) is 4.23. The maximum atomic E-state index is 12.9. The van der Waals surface area contributed by atoms with Gasteiger partial charge in [0.15, 0.2) is 0 Å². The Labute approximate surface area is 116 Å². The third-order valence-corrected chi connectivity index (χ3v) is 3.16. The highest BCUT2D eigenvalue weighted by Gasteiger charge is 2.45. The third-order valence-electron chi connectivity index (χ3n) is 3.16. The van der Waals surface area contributed by atoms with Crippen LogP contribution < -0.4 is 0 Å². The lowest BCUT2D eigenvalue weighted by molar-refractivity contribution is -0.185. The van der Waals surface area contributed by atoms with Crippen LogP contribution >= 0.6 is 0 Å². The van der Waals surface area contributed by atoms with E-state index in [1.807, 2.05) is 6.92 Å². The summed E-state index contributed by atoms with van der Waals surface area (Å²) in [5.74, 6) is -3.92. The number of aryl methyl sites for hydroxylation is 1. The summed E-state index contributed by atoms with van der Waals surface area (Å²) in [6, 6.07) is 6.49. The monoisotopic (exact) mass is 288 g/mol. The largest absolute Gasteiger partial charge is 0.465 e. The highest BCUT2D eigenvalue weighted by Crippen LogP contribution is 2.38. The number of esters is 1. The number of rotatable bonds is 5. The van der Waals surface area contributed by atoms with Gasteiger partial charge < -0.3 is 4.74 Å². The van der Waals surface area contributed by atoms with Crippen molar-refractivity contribution in [3.05, 3.63) is 35.4 Å². The predicted molar refractivity (Wildman–Crippen MR) is 70.4 cm³/mol. The van der Waals surface area contributed by atoms with Gasteiger partial charge in [-0.3, -0.25) is 4.79 Å². The van der Waals surface area contributed by atoms with Crippen molar-refractivity contribution in [1.29, 1.82) is 0 Å². The van der Waals surface area contributed by atoms with Gasteiger partial charge >= 0.3 is 12.1 Å². The lowest BCUT2D eigenvalue weighted by atomic mass is 9.86. The van der Waals surface area contributed by atoms with Crippen LogP contribution in [0.2, 0.25) is 0 Å². The molecule has 0 aliphatic heterocycles. The summed E-state index contributed by atoms with van der Waals surface area (Å²) in [5.41, 5.74) is 1.26. The fourth-order valence-corrected chi connectivity index (χ4v) is 1.88. The standard InChI is InChI=1S/C15H19F3O2/c1-4-9-20-14(19)13(11(3)15(16,17)18)12-7-5-10(2)6-8-12/h5-8,11,13H,4,9H2,1-3H3. The highest BCUT2D eigenvalue weighted by atomic mass is 19.4. The second-order valence-electron chi connectivity index (χ2n) is 4.89. The molecule has 1 rings (SSSR count). The smallest absolute Gasteiger partial charge is 0.392 e. The van der Waals surface area contributed by atoms with Gasteiger partial charge in [-0.25, -0.2) is 0 Å². The number of halogens is 3. The van der Waals surface area contributed by atoms with Crippen LogP contribution in [0.1, 0.15) is 37.3 Å². The third kappa shape index (κ3) is 4.25. The van der Waals surface area contributed by atoms with Crippen molar-refractivity contribution < 1.29 is 22.7 Å². The van der Waals surface area contributed by atoms with Gasteiger partial charge in [0.2, 0.25) is 0 Å². The van der Waals surface area contributed by atoms with Crippen molar-refractivity contribution in [3.63, 3.8) is 0 Å². The molecule has 112 valence electrons. The van der Waals surface area contributed by atoms with Crippen molar-refractivity contribution in [1.82, 2.24) is 0 Å². The molecule has 2 atom stereocenters. The van der Waals surface area contributed by atoms with Crippen LogP contribution in [-0.2, 0) is 9.53 Å². The maximum absolute atomic E-state index is 12.9. The van der Waals surface area contributed by atoms with Gasteiger partial charge in [-0.05, 0) is 18.9 Å². The molecule has 0 fully saturated rings. The van der Waals surface area contributed by atoms with E-state index in [9.17, 15) is 18.0 Å². The van der Waals surface area contributed by atoms with Crippen LogP contribution in [0, 0.1) is 12.8 Å². The number of carbonyl (C=O) groups is 1. The van der Waals surface area contributed by atoms with E-state index in [4.69, 9.17) is 4.74 Å². The molecule has 0 saturated heterocycles. The first-order valence-corrected chi connectivity index (χ1v) is 6.57. The molecule has 2 nitrogen and oxygen atoms in total. The number of benzene rings is 1. The molecule has 0 aliphatic carbocycles. The zero-order valence-electron chi connectivity index (χ0n) is 11.8. The lowest BCUT2D eigenvalue weighted by Crippen LogP contribution is -2.32. The first-order valence-electron chi connectivity index (χ1n) is 6.57. The normalized spacial score (nSPS) is 14.7. The molecule has 0 spiro atoms. The molecular weight excluding hydrogens is 269 g/mol. The Hall–Kier alpha value is -1.52. The number of hydrogen-bond acceptors (Lipinski definition) is 2. The van der Waals surface area contributed by atoms with Crippen LogP contribution in [0.25, 0.3) is 0 Å². The van der Waals surface area contributed by atoms with Gasteiger partial charge in [0.1, 0.15) is 0 Å². The summed E-state index contributed by atoms with van der Waals surface area (Å²) in [5, 5.41) is 0. The van der Waals surface area contributed by atoms with E-state index >= 15 is 0 Å². The number of hydrogen-bond donors (Lipinski definition) is 0. The van der Waals surface area contributed by atoms with Gasteiger partial charge in [-0.1, -0.05) is 43.7 Å². The molecule has 1 aromatic rings. The molecule has 5 heteroatoms. The maximum Gasteiger partial charge on any atom is 0.392 e. The quantitative estimate of drug-likeness (QED) is 0.758. The Morgan fingerprint density at radius 1 is 1.25 bits per heavy atom. The number of ether oxygens (including phenoxy) is 1. The second-order valence-corrected chi connectivity index (χ2v) is 4.89. The average molecular weight is 288 g/mol. The van der Waals surface area contributed by atoms with Gasteiger partial charge in [0.05, 0.1) is 18.4 Å². The second kappa shape index (κ2) is 6.77. The molecule has 0 heterocycles. The molecule has 0 bridgehead atoms. The molecule has 0 radical (unpaired) electrons. The Morgan fingerprint density at radius 3 is 2.25 bits per heavy atom. The van der Waals surface area contributed by atoms with Crippen LogP contribution in [0.3, 0.4) is 0 Å². The fourth-order valence-electron chi connectivity index (χ4n) is 1.88. The van der Waals surface area contributed by atoms with E-state index in [1.165, 1.54) is 0 Å². The molecule has 0 amide bonds. The summed E-state index contributed by atoms with van der Waals surface area (Å²) >= 11 is 0. The number of alkyl halides is 3. The van der Waals surface area contributed by atoms with Crippen molar-refractivity contribution >= 4 is 5.97 Å². The average Bonchev–Trinajstić information content (AvgIpc) is 2.37. The summed E-state index contributed by atoms with van der Waals surface area (Å²) in [7, 11) is 0. The van der Waals surface area contributed by atoms with E-state index in [1.54, 1.807) is 31.2 Å². The van der Waals surface area contributed by atoms with Gasteiger partial charge in [-0.2, -0.15) is 13.2 Å². The molecule has 0 saturated carbocycles. The van der Waals surface area contributed by atoms with Crippen molar-refractivity contribution in [3.8, 4) is 0 Å². The molecule has 0 aromatic heterocycles. The van der Waals surface area contributed by atoms with Gasteiger partial charge in [-0.15, -0.1) is 0 Å². The van der Waals surface area contributed by atoms with Gasteiger partial charge in [0.25, 0.3) is 0 Å². The van der Waals surface area contributed by atoms with Crippen LogP contribution in [0.5, 0.6) is 0 Å². The number of carbonyl (C=O) groups excluding carboxylic acids is 1. The van der Waals surface area contributed by atoms with Crippen molar-refractivity contribution in [2.45, 2.75) is 39.3 Å². The summed E-state index contributed by atoms with van der Waals surface area (Å²) in [6.07, 6.45) is -3.87. The fraction of sp³-hybridized carbons (Fsp3) is 0.533. The molecular formula is C15H19F3O2. The van der Waals surface area contributed by atoms with E-state index in [0.717, 1.165) is 12.5 Å². The SMILES string of the molecule is CCCOC(=O)C(c1ccc(C)cc1)C(C)C(F)(F)F. The van der Waals surface area contributed by atoms with E-state index < -0.39 is 24.0 Å². The van der Waals surface area contributed by atoms with Crippen molar-refractivity contribution in [2.24, 2.45) is 5.92 Å². The highest BCUT2D eigenvalue weighted by molar-refractivity contribution is 5.78. The molecule has 1 aromatic carbocycles. The molecule has 20 heavy (non-hydrogen) atoms. The summed E-state index contributed by atoms with van der Waals surface area (Å²) in [6.45, 7) is 4.77. The zero-order valence-corrected chi connectivity index (χ0v) is 11.8. The topological polar surface area (TPSA) is 26.3 Å². The van der Waals surface area contributed by atoms with E-state index in [-0.39, 0.29) is 6.61 Å². The van der Waals surface area contributed by atoms with Crippen molar-refractivity contribution in [2.75, 3.05) is 6.61 Å². The van der Waals surface area contributed by atoms with E-state index in [2.05, 4.69) is 0 Å². The first kappa shape index (κ1) is 16.5. The Bertz CT molecular complexity index is 437. The first-order chi connectivity index (χ1) is 9.27. The summed E-state index contributed by atoms with van der Waals surface area (Å²) < 4.78 is 43.7. The lowest BCUT2D eigenvalue weighted by Gasteiger charge is -2.25. The Morgan fingerprint density at radius 2 is 1.80 bits per heavy atom. The Balaban J connectivity index is 3.07. The minimum atomic E-state index is -4.44. The summed E-state index contributed by atoms with van der Waals surface area (Å²) in [4.78, 5) is 12.0. The minimum Gasteiger partial charge on any atom is -0.465 e. The van der Waals surface area contributed by atoms with Crippen LogP contribution in [-0.4, -0.2) is 18.8 Å². The molecule has 2 unspecified atom stereocenters.